The van der Waals surface area contributed by atoms with E-state index < -0.39 is 0 Å². The number of pyridine rings is 1. The largest absolute Gasteiger partial charge is 0.508 e. The number of hydrogen-bond donors (Lipinski definition) is 5. The average molecular weight is 450 g/mol. The first-order chi connectivity index (χ1) is 16.5. The van der Waals surface area contributed by atoms with Gasteiger partial charge >= 0.3 is 0 Å². The number of nitrogens with one attached hydrogen (secondary N) is 1. The minimum absolute atomic E-state index is 0.0121. The molecule has 8 nitrogen and oxygen atoms in total. The summed E-state index contributed by atoms with van der Waals surface area (Å²) >= 11 is 0. The Morgan fingerprint density at radius 1 is 0.824 bits per heavy atom. The van der Waals surface area contributed by atoms with Crippen molar-refractivity contribution in [2.75, 3.05) is 0 Å². The first-order valence-corrected chi connectivity index (χ1v) is 10.5. The van der Waals surface area contributed by atoms with Crippen LogP contribution in [-0.2, 0) is 0 Å². The van der Waals surface area contributed by atoms with E-state index in [9.17, 15) is 20.4 Å². The number of hydrogen-bond acceptors (Lipinski definition) is 6. The number of para-hydroxylation sites is 1. The number of aromatic hydroxyl groups is 4. The van der Waals surface area contributed by atoms with Crippen LogP contribution in [0.3, 0.4) is 0 Å². The molecule has 0 saturated carbocycles. The van der Waals surface area contributed by atoms with Crippen molar-refractivity contribution in [3.63, 3.8) is 0 Å². The number of nitrogens with zero attached hydrogens (tertiary/aromatic N) is 3. The van der Waals surface area contributed by atoms with Gasteiger partial charge in [-0.25, -0.2) is 9.97 Å². The van der Waals surface area contributed by atoms with Crippen molar-refractivity contribution in [3.05, 3.63) is 79.1 Å². The summed E-state index contributed by atoms with van der Waals surface area (Å²) in [6.07, 6.45) is 1.58. The number of aromatic amines is 1. The van der Waals surface area contributed by atoms with Crippen LogP contribution in [0.5, 0.6) is 23.1 Å². The molecule has 0 aliphatic heterocycles. The first-order valence-electron chi connectivity index (χ1n) is 10.5. The molecule has 0 unspecified atom stereocenters. The van der Waals surface area contributed by atoms with Gasteiger partial charge in [-0.1, -0.05) is 30.3 Å². The van der Waals surface area contributed by atoms with Crippen LogP contribution < -0.4 is 0 Å². The highest BCUT2D eigenvalue weighted by Gasteiger charge is 2.27. The molecule has 0 saturated heterocycles. The van der Waals surface area contributed by atoms with Crippen molar-refractivity contribution in [2.45, 2.75) is 0 Å². The van der Waals surface area contributed by atoms with Gasteiger partial charge in [0.2, 0.25) is 5.88 Å². The van der Waals surface area contributed by atoms with Gasteiger partial charge in [0.05, 0.1) is 40.0 Å². The van der Waals surface area contributed by atoms with E-state index >= 15 is 0 Å². The van der Waals surface area contributed by atoms with Gasteiger partial charge < -0.3 is 25.4 Å². The van der Waals surface area contributed by atoms with Gasteiger partial charge in [0.15, 0.2) is 5.75 Å². The molecule has 0 spiro atoms. The van der Waals surface area contributed by atoms with Gasteiger partial charge in [-0.2, -0.15) is 0 Å². The third-order valence-electron chi connectivity index (χ3n) is 5.86. The Hall–Kier alpha value is -4.98. The average Bonchev–Trinajstić information content (AvgIpc) is 3.41. The summed E-state index contributed by atoms with van der Waals surface area (Å²) in [5.41, 5.74) is 4.03. The van der Waals surface area contributed by atoms with E-state index in [1.54, 1.807) is 54.9 Å². The van der Waals surface area contributed by atoms with Crippen LogP contribution in [0.15, 0.2) is 79.1 Å². The van der Waals surface area contributed by atoms with Crippen molar-refractivity contribution in [2.24, 2.45) is 0 Å². The summed E-state index contributed by atoms with van der Waals surface area (Å²) in [6.45, 7) is 0. The van der Waals surface area contributed by atoms with Gasteiger partial charge in [-0.3, -0.25) is 4.57 Å². The summed E-state index contributed by atoms with van der Waals surface area (Å²) in [7, 11) is 0. The SMILES string of the molecule is Oc1cccc(-c2c(O)c(O)n(-c3ccc4nc[nH]c4c3)c2-c2ccc3cccc(O)c3n2)c1. The van der Waals surface area contributed by atoms with Gasteiger partial charge in [0.1, 0.15) is 17.0 Å². The fraction of sp³-hybridized carbons (Fsp3) is 0. The molecule has 6 rings (SSSR count). The van der Waals surface area contributed by atoms with Gasteiger partial charge in [-0.05, 0) is 48.0 Å². The van der Waals surface area contributed by atoms with E-state index in [4.69, 9.17) is 0 Å². The Kier molecular flexibility index (Phi) is 4.21. The highest BCUT2D eigenvalue weighted by atomic mass is 16.3. The maximum Gasteiger partial charge on any atom is 0.240 e. The lowest BCUT2D eigenvalue weighted by Gasteiger charge is -2.13. The van der Waals surface area contributed by atoms with E-state index in [2.05, 4.69) is 15.0 Å². The van der Waals surface area contributed by atoms with E-state index in [0.29, 0.717) is 33.7 Å². The molecular formula is C26H18N4O4. The topological polar surface area (TPSA) is 127 Å². The maximum atomic E-state index is 11.1. The van der Waals surface area contributed by atoms with Crippen LogP contribution in [0.1, 0.15) is 0 Å². The zero-order chi connectivity index (χ0) is 23.4. The van der Waals surface area contributed by atoms with E-state index in [-0.39, 0.29) is 23.1 Å². The molecule has 3 aromatic heterocycles. The molecular weight excluding hydrogens is 432 g/mol. The van der Waals surface area contributed by atoms with Gasteiger partial charge in [-0.15, -0.1) is 0 Å². The molecule has 0 bridgehead atoms. The quantitative estimate of drug-likeness (QED) is 0.256. The highest BCUT2D eigenvalue weighted by molar-refractivity contribution is 5.93. The Morgan fingerprint density at radius 3 is 2.53 bits per heavy atom. The molecule has 34 heavy (non-hydrogen) atoms. The summed E-state index contributed by atoms with van der Waals surface area (Å²) < 4.78 is 1.49. The molecule has 0 aliphatic carbocycles. The summed E-state index contributed by atoms with van der Waals surface area (Å²) in [6, 6.07) is 20.5. The number of H-pyrrole nitrogens is 1. The zero-order valence-corrected chi connectivity index (χ0v) is 17.6. The highest BCUT2D eigenvalue weighted by Crippen LogP contribution is 2.49. The molecule has 6 aromatic rings. The van der Waals surface area contributed by atoms with Crippen LogP contribution in [0.25, 0.3) is 50.1 Å². The van der Waals surface area contributed by atoms with Crippen LogP contribution in [0, 0.1) is 0 Å². The number of benzene rings is 3. The molecule has 0 amide bonds. The lowest BCUT2D eigenvalue weighted by atomic mass is 10.0. The second kappa shape index (κ2) is 7.28. The van der Waals surface area contributed by atoms with Crippen LogP contribution in [-0.4, -0.2) is 39.9 Å². The number of fused-ring (bicyclic) bond motifs is 2. The second-order valence-corrected chi connectivity index (χ2v) is 7.93. The van der Waals surface area contributed by atoms with Crippen LogP contribution >= 0.6 is 0 Å². The lowest BCUT2D eigenvalue weighted by molar-refractivity contribution is 0.388. The Balaban J connectivity index is 1.71. The molecule has 0 fully saturated rings. The number of rotatable bonds is 3. The molecule has 8 heteroatoms. The smallest absolute Gasteiger partial charge is 0.240 e. The second-order valence-electron chi connectivity index (χ2n) is 7.93. The van der Waals surface area contributed by atoms with Crippen molar-refractivity contribution in [3.8, 4) is 51.3 Å². The van der Waals surface area contributed by atoms with Crippen molar-refractivity contribution < 1.29 is 20.4 Å². The van der Waals surface area contributed by atoms with E-state index in [1.165, 1.54) is 16.7 Å². The van der Waals surface area contributed by atoms with Crippen molar-refractivity contribution >= 4 is 21.9 Å². The minimum Gasteiger partial charge on any atom is -0.508 e. The minimum atomic E-state index is -0.383. The molecule has 3 heterocycles. The van der Waals surface area contributed by atoms with Crippen molar-refractivity contribution in [1.29, 1.82) is 0 Å². The van der Waals surface area contributed by atoms with E-state index in [1.807, 2.05) is 12.1 Å². The van der Waals surface area contributed by atoms with Crippen LogP contribution in [0.2, 0.25) is 0 Å². The number of phenols is 2. The number of phenolic OH excluding ortho intramolecular Hbond substituents is 2. The Bertz CT molecular complexity index is 1720. The van der Waals surface area contributed by atoms with Crippen LogP contribution in [0.4, 0.5) is 0 Å². The Morgan fingerprint density at radius 2 is 1.68 bits per heavy atom. The monoisotopic (exact) mass is 450 g/mol. The molecule has 0 atom stereocenters. The molecule has 3 aromatic carbocycles. The molecule has 166 valence electrons. The molecule has 5 N–H and O–H groups in total. The zero-order valence-electron chi connectivity index (χ0n) is 17.6. The fourth-order valence-electron chi connectivity index (χ4n) is 4.30. The fourth-order valence-corrected chi connectivity index (χ4v) is 4.30. The maximum absolute atomic E-state index is 11.1. The summed E-state index contributed by atoms with van der Waals surface area (Å²) in [4.78, 5) is 12.0. The van der Waals surface area contributed by atoms with E-state index in [0.717, 1.165) is 16.4 Å². The molecule has 0 aliphatic rings. The predicted octanol–water partition coefficient (Wildman–Crippen LogP) is 5.06. The standard InChI is InChI=1S/C26H18N4O4/c31-17-5-1-4-15(11-17)22-24(19-9-7-14-3-2-6-21(32)23(14)29-19)30(26(34)25(22)33)16-8-10-18-20(12-16)28-13-27-18/h1-13,31-34H,(H,27,28). The lowest BCUT2D eigenvalue weighted by Crippen LogP contribution is -1.99. The normalized spacial score (nSPS) is 11.4. The van der Waals surface area contributed by atoms with Gasteiger partial charge in [0.25, 0.3) is 0 Å². The third kappa shape index (κ3) is 2.93. The molecule has 0 radical (unpaired) electrons. The predicted molar refractivity (Wildman–Crippen MR) is 128 cm³/mol. The Labute approximate surface area is 192 Å². The number of imidazole rings is 1. The van der Waals surface area contributed by atoms with Crippen molar-refractivity contribution in [1.82, 2.24) is 19.5 Å². The first kappa shape index (κ1) is 19.7. The third-order valence-corrected chi connectivity index (χ3v) is 5.86. The summed E-state index contributed by atoms with van der Waals surface area (Å²) in [5.74, 6) is -0.711. The van der Waals surface area contributed by atoms with Gasteiger partial charge in [0, 0.05) is 5.39 Å². The summed E-state index contributed by atoms with van der Waals surface area (Å²) in [5, 5.41) is 43.4. The number of aromatic nitrogens is 4.